The number of hydrogen-bond acceptors (Lipinski definition) is 4. The van der Waals surface area contributed by atoms with Crippen LogP contribution in [0.25, 0.3) is 0 Å². The van der Waals surface area contributed by atoms with Crippen LogP contribution in [0.3, 0.4) is 0 Å². The maximum absolute atomic E-state index is 10.8. The summed E-state index contributed by atoms with van der Waals surface area (Å²) < 4.78 is 9.16. The second kappa shape index (κ2) is 6.22. The normalized spacial score (nSPS) is 9.08. The zero-order valence-corrected chi connectivity index (χ0v) is 7.96. The number of rotatable bonds is 5. The Kier molecular flexibility index (Phi) is 5.59. The molecule has 0 saturated heterocycles. The van der Waals surface area contributed by atoms with Crippen molar-refractivity contribution in [2.24, 2.45) is 0 Å². The second-order valence-electron chi connectivity index (χ2n) is 2.60. The Morgan fingerprint density at radius 3 is 2.46 bits per heavy atom. The summed E-state index contributed by atoms with van der Waals surface area (Å²) in [6.45, 7) is 5.21. The molecular weight excluding hydrogens is 172 g/mol. The molecule has 0 aliphatic heterocycles. The molecule has 0 spiro atoms. The lowest BCUT2D eigenvalue weighted by atomic mass is 10.3. The highest BCUT2D eigenvalue weighted by atomic mass is 16.5. The van der Waals surface area contributed by atoms with Gasteiger partial charge in [-0.15, -0.1) is 0 Å². The summed E-state index contributed by atoms with van der Waals surface area (Å²) in [6, 6.07) is 0. The zero-order valence-electron chi connectivity index (χ0n) is 7.96. The van der Waals surface area contributed by atoms with E-state index in [0.717, 1.165) is 0 Å². The van der Waals surface area contributed by atoms with Gasteiger partial charge < -0.3 is 9.47 Å². The minimum Gasteiger partial charge on any atom is -0.469 e. The van der Waals surface area contributed by atoms with E-state index < -0.39 is 5.97 Å². The molecule has 0 rings (SSSR count). The van der Waals surface area contributed by atoms with E-state index in [9.17, 15) is 9.59 Å². The predicted molar refractivity (Wildman–Crippen MR) is 47.0 cm³/mol. The molecule has 0 aromatic heterocycles. The number of methoxy groups -OCH3 is 1. The molecular formula is C9H14O4. The number of carbonyl (C=O) groups is 2. The highest BCUT2D eigenvalue weighted by molar-refractivity contribution is 5.86. The molecule has 0 radical (unpaired) electrons. The molecule has 0 N–H and O–H groups in total. The van der Waals surface area contributed by atoms with Crippen LogP contribution in [0.4, 0.5) is 0 Å². The molecule has 0 saturated carbocycles. The van der Waals surface area contributed by atoms with Crippen molar-refractivity contribution < 1.29 is 19.1 Å². The van der Waals surface area contributed by atoms with Crippen molar-refractivity contribution in [3.8, 4) is 0 Å². The molecule has 0 bridgehead atoms. The Morgan fingerprint density at radius 1 is 1.38 bits per heavy atom. The van der Waals surface area contributed by atoms with Gasteiger partial charge in [-0.2, -0.15) is 0 Å². The number of ether oxygens (including phenoxy) is 2. The Bertz CT molecular complexity index is 208. The monoisotopic (exact) mass is 186 g/mol. The molecule has 0 amide bonds. The number of carbonyl (C=O) groups excluding carboxylic acids is 2. The number of esters is 2. The van der Waals surface area contributed by atoms with E-state index in [4.69, 9.17) is 4.74 Å². The largest absolute Gasteiger partial charge is 0.469 e. The highest BCUT2D eigenvalue weighted by Gasteiger charge is 2.04. The third kappa shape index (κ3) is 5.90. The SMILES string of the molecule is C=C(C)C(=O)OCCCC(=O)OC. The standard InChI is InChI=1S/C9H14O4/c1-7(2)9(11)13-6-4-5-8(10)12-3/h1,4-6H2,2-3H3. The molecule has 0 aromatic rings. The third-order valence-corrected chi connectivity index (χ3v) is 1.33. The molecule has 0 aliphatic carbocycles. The summed E-state index contributed by atoms with van der Waals surface area (Å²) in [4.78, 5) is 21.4. The van der Waals surface area contributed by atoms with Crippen LogP contribution in [0.15, 0.2) is 12.2 Å². The van der Waals surface area contributed by atoms with E-state index in [0.29, 0.717) is 12.0 Å². The van der Waals surface area contributed by atoms with Gasteiger partial charge in [-0.1, -0.05) is 6.58 Å². The maximum Gasteiger partial charge on any atom is 0.333 e. The first-order valence-electron chi connectivity index (χ1n) is 3.97. The predicted octanol–water partition coefficient (Wildman–Crippen LogP) is 1.06. The molecule has 0 aromatic carbocycles. The van der Waals surface area contributed by atoms with Crippen molar-refractivity contribution in [1.82, 2.24) is 0 Å². The average Bonchev–Trinajstić information content (AvgIpc) is 2.11. The Hall–Kier alpha value is -1.32. The first kappa shape index (κ1) is 11.7. The van der Waals surface area contributed by atoms with Gasteiger partial charge in [0.05, 0.1) is 13.7 Å². The van der Waals surface area contributed by atoms with E-state index in [1.165, 1.54) is 7.11 Å². The molecule has 4 nitrogen and oxygen atoms in total. The second-order valence-corrected chi connectivity index (χ2v) is 2.60. The van der Waals surface area contributed by atoms with Gasteiger partial charge in [0.1, 0.15) is 0 Å². The molecule has 0 unspecified atom stereocenters. The van der Waals surface area contributed by atoms with Gasteiger partial charge in [-0.3, -0.25) is 4.79 Å². The van der Waals surface area contributed by atoms with E-state index in [2.05, 4.69) is 11.3 Å². The van der Waals surface area contributed by atoms with Gasteiger partial charge in [-0.25, -0.2) is 4.79 Å². The van der Waals surface area contributed by atoms with E-state index >= 15 is 0 Å². The maximum atomic E-state index is 10.8. The smallest absolute Gasteiger partial charge is 0.333 e. The fourth-order valence-electron chi connectivity index (χ4n) is 0.607. The molecule has 74 valence electrons. The Balaban J connectivity index is 3.41. The average molecular weight is 186 g/mol. The van der Waals surface area contributed by atoms with Crippen molar-refractivity contribution >= 4 is 11.9 Å². The molecule has 0 fully saturated rings. The third-order valence-electron chi connectivity index (χ3n) is 1.33. The van der Waals surface area contributed by atoms with Crippen molar-refractivity contribution in [1.29, 1.82) is 0 Å². The van der Waals surface area contributed by atoms with Crippen LogP contribution in [0.2, 0.25) is 0 Å². The fraction of sp³-hybridized carbons (Fsp3) is 0.556. The van der Waals surface area contributed by atoms with Gasteiger partial charge in [0, 0.05) is 12.0 Å². The van der Waals surface area contributed by atoms with E-state index in [1.807, 2.05) is 0 Å². The van der Waals surface area contributed by atoms with Gasteiger partial charge in [0.15, 0.2) is 0 Å². The van der Waals surface area contributed by atoms with Crippen LogP contribution in [-0.4, -0.2) is 25.7 Å². The van der Waals surface area contributed by atoms with Gasteiger partial charge in [0.25, 0.3) is 0 Å². The van der Waals surface area contributed by atoms with Crippen LogP contribution < -0.4 is 0 Å². The van der Waals surface area contributed by atoms with Gasteiger partial charge in [0.2, 0.25) is 0 Å². The van der Waals surface area contributed by atoms with E-state index in [1.54, 1.807) is 6.92 Å². The summed E-state index contributed by atoms with van der Waals surface area (Å²) in [5.74, 6) is -0.726. The van der Waals surface area contributed by atoms with Crippen LogP contribution in [0, 0.1) is 0 Å². The van der Waals surface area contributed by atoms with Crippen molar-refractivity contribution in [3.63, 3.8) is 0 Å². The van der Waals surface area contributed by atoms with Crippen LogP contribution in [0.1, 0.15) is 19.8 Å². The zero-order chi connectivity index (χ0) is 10.3. The number of hydrogen-bond donors (Lipinski definition) is 0. The summed E-state index contributed by atoms with van der Waals surface area (Å²) >= 11 is 0. The topological polar surface area (TPSA) is 52.6 Å². The van der Waals surface area contributed by atoms with Crippen molar-refractivity contribution in [2.45, 2.75) is 19.8 Å². The van der Waals surface area contributed by atoms with Crippen molar-refractivity contribution in [3.05, 3.63) is 12.2 Å². The van der Waals surface area contributed by atoms with Crippen LogP contribution in [0.5, 0.6) is 0 Å². The summed E-state index contributed by atoms with van der Waals surface area (Å²) in [6.07, 6.45) is 0.742. The van der Waals surface area contributed by atoms with Crippen LogP contribution in [-0.2, 0) is 19.1 Å². The lowest BCUT2D eigenvalue weighted by molar-refractivity contribution is -0.143. The minimum atomic E-state index is -0.426. The van der Waals surface area contributed by atoms with Gasteiger partial charge >= 0.3 is 11.9 Å². The van der Waals surface area contributed by atoms with Crippen LogP contribution >= 0.6 is 0 Å². The summed E-state index contributed by atoms with van der Waals surface area (Å²) in [5.41, 5.74) is 0.359. The molecule has 13 heavy (non-hydrogen) atoms. The highest BCUT2D eigenvalue weighted by Crippen LogP contribution is 1.96. The quantitative estimate of drug-likeness (QED) is 0.366. The molecule has 0 heterocycles. The molecule has 0 aliphatic rings. The molecule has 4 heteroatoms. The fourth-order valence-corrected chi connectivity index (χ4v) is 0.607. The summed E-state index contributed by atoms with van der Waals surface area (Å²) in [5, 5.41) is 0. The van der Waals surface area contributed by atoms with Crippen molar-refractivity contribution in [2.75, 3.05) is 13.7 Å². The first-order valence-corrected chi connectivity index (χ1v) is 3.97. The lowest BCUT2D eigenvalue weighted by Crippen LogP contribution is -2.08. The Morgan fingerprint density at radius 2 is 2.00 bits per heavy atom. The first-order chi connectivity index (χ1) is 6.07. The minimum absolute atomic E-state index is 0.223. The summed E-state index contributed by atoms with van der Waals surface area (Å²) in [7, 11) is 1.32. The molecule has 0 atom stereocenters. The lowest BCUT2D eigenvalue weighted by Gasteiger charge is -2.02. The Labute approximate surface area is 77.5 Å². The van der Waals surface area contributed by atoms with Gasteiger partial charge in [-0.05, 0) is 13.3 Å². The van der Waals surface area contributed by atoms with E-state index in [-0.39, 0.29) is 19.0 Å².